The van der Waals surface area contributed by atoms with Gasteiger partial charge < -0.3 is 16.3 Å². The fourth-order valence-corrected chi connectivity index (χ4v) is 1.22. The Morgan fingerprint density at radius 2 is 2.41 bits per heavy atom. The van der Waals surface area contributed by atoms with Crippen LogP contribution in [0.3, 0.4) is 0 Å². The normalized spacial score (nSPS) is 10.1. The van der Waals surface area contributed by atoms with Gasteiger partial charge in [0.2, 0.25) is 0 Å². The summed E-state index contributed by atoms with van der Waals surface area (Å²) in [4.78, 5) is 15.5. The Balaban J connectivity index is 2.04. The second-order valence-electron chi connectivity index (χ2n) is 3.17. The van der Waals surface area contributed by atoms with Gasteiger partial charge in [0.15, 0.2) is 0 Å². The van der Waals surface area contributed by atoms with Crippen LogP contribution in [0, 0.1) is 5.21 Å². The molecule has 2 heterocycles. The van der Waals surface area contributed by atoms with Crippen molar-refractivity contribution in [3.05, 3.63) is 41.0 Å². The first-order valence-corrected chi connectivity index (χ1v) is 4.72. The standard InChI is InChI=1S/C9H9N5O3/c10-8-7(14(16)17-13-8)9(15)12-5-6-3-1-2-4-11-6/h1-4H,5H2,(H2,10,13)(H,12,15). The monoisotopic (exact) mass is 235 g/mol. The average Bonchev–Trinajstić information content (AvgIpc) is 2.67. The van der Waals surface area contributed by atoms with Crippen LogP contribution in [0.1, 0.15) is 16.2 Å². The molecule has 0 bridgehead atoms. The number of carbonyl (C=O) groups excluding carboxylic acids is 1. The highest BCUT2D eigenvalue weighted by Gasteiger charge is 2.23. The number of nitrogens with one attached hydrogen (secondary N) is 1. The van der Waals surface area contributed by atoms with Gasteiger partial charge in [-0.1, -0.05) is 6.07 Å². The Labute approximate surface area is 95.6 Å². The van der Waals surface area contributed by atoms with Gasteiger partial charge in [0, 0.05) is 6.20 Å². The zero-order chi connectivity index (χ0) is 12.3. The Kier molecular flexibility index (Phi) is 2.86. The van der Waals surface area contributed by atoms with Crippen molar-refractivity contribution in [3.8, 4) is 0 Å². The molecule has 0 aliphatic heterocycles. The summed E-state index contributed by atoms with van der Waals surface area (Å²) in [6, 6.07) is 5.29. The van der Waals surface area contributed by atoms with Gasteiger partial charge in [-0.25, -0.2) is 0 Å². The van der Waals surface area contributed by atoms with Crippen molar-refractivity contribution in [2.45, 2.75) is 6.54 Å². The third-order valence-corrected chi connectivity index (χ3v) is 2.01. The van der Waals surface area contributed by atoms with Crippen LogP contribution in [-0.2, 0) is 6.54 Å². The average molecular weight is 235 g/mol. The lowest BCUT2D eigenvalue weighted by atomic mass is 10.3. The van der Waals surface area contributed by atoms with Crippen LogP contribution in [0.2, 0.25) is 0 Å². The van der Waals surface area contributed by atoms with Crippen LogP contribution in [0.25, 0.3) is 0 Å². The van der Waals surface area contributed by atoms with E-state index in [1.54, 1.807) is 24.4 Å². The topological polar surface area (TPSA) is 121 Å². The predicted molar refractivity (Wildman–Crippen MR) is 55.3 cm³/mol. The number of pyridine rings is 1. The highest BCUT2D eigenvalue weighted by atomic mass is 16.8. The summed E-state index contributed by atoms with van der Waals surface area (Å²) in [5.74, 6) is -0.914. The zero-order valence-electron chi connectivity index (χ0n) is 8.66. The molecule has 0 saturated carbocycles. The molecule has 0 fully saturated rings. The van der Waals surface area contributed by atoms with Gasteiger partial charge in [-0.15, -0.1) is 0 Å². The number of anilines is 1. The van der Waals surface area contributed by atoms with E-state index in [1.165, 1.54) is 0 Å². The molecule has 17 heavy (non-hydrogen) atoms. The first kappa shape index (κ1) is 10.9. The molecule has 0 aliphatic carbocycles. The zero-order valence-corrected chi connectivity index (χ0v) is 8.66. The van der Waals surface area contributed by atoms with E-state index >= 15 is 0 Å². The van der Waals surface area contributed by atoms with Gasteiger partial charge in [0.1, 0.15) is 0 Å². The molecule has 2 rings (SSSR count). The second-order valence-corrected chi connectivity index (χ2v) is 3.17. The van der Waals surface area contributed by atoms with Crippen LogP contribution in [0.15, 0.2) is 29.0 Å². The molecule has 2 aromatic rings. The van der Waals surface area contributed by atoms with Crippen molar-refractivity contribution in [2.75, 3.05) is 5.73 Å². The van der Waals surface area contributed by atoms with Crippen molar-refractivity contribution in [1.29, 1.82) is 0 Å². The quantitative estimate of drug-likeness (QED) is 0.673. The minimum atomic E-state index is -0.663. The highest BCUT2D eigenvalue weighted by Crippen LogP contribution is 2.02. The predicted octanol–water partition coefficient (Wildman–Crippen LogP) is -0.785. The van der Waals surface area contributed by atoms with Crippen LogP contribution >= 0.6 is 0 Å². The van der Waals surface area contributed by atoms with Crippen molar-refractivity contribution < 1.29 is 14.3 Å². The van der Waals surface area contributed by atoms with Crippen LogP contribution in [-0.4, -0.2) is 16.0 Å². The molecule has 8 heteroatoms. The molecule has 0 saturated heterocycles. The van der Waals surface area contributed by atoms with E-state index in [9.17, 15) is 10.0 Å². The molecule has 0 aromatic carbocycles. The van der Waals surface area contributed by atoms with E-state index in [1.807, 2.05) is 0 Å². The fraction of sp³-hybridized carbons (Fsp3) is 0.111. The maximum atomic E-state index is 11.6. The number of carbonyl (C=O) groups is 1. The van der Waals surface area contributed by atoms with Crippen molar-refractivity contribution in [3.63, 3.8) is 0 Å². The number of hydrogen-bond acceptors (Lipinski definition) is 6. The third-order valence-electron chi connectivity index (χ3n) is 2.01. The number of nitrogens with two attached hydrogens (primary N) is 1. The SMILES string of the molecule is Nc1no[n+]([O-])c1C(=O)NCc1ccccn1. The number of aromatic nitrogens is 3. The summed E-state index contributed by atoms with van der Waals surface area (Å²) in [6.07, 6.45) is 1.60. The lowest BCUT2D eigenvalue weighted by molar-refractivity contribution is -0.803. The fourth-order valence-electron chi connectivity index (χ4n) is 1.22. The molecule has 88 valence electrons. The molecule has 1 amide bonds. The molecule has 2 aromatic heterocycles. The molecule has 0 unspecified atom stereocenters. The van der Waals surface area contributed by atoms with E-state index in [0.29, 0.717) is 5.69 Å². The smallest absolute Gasteiger partial charge is 0.318 e. The van der Waals surface area contributed by atoms with Crippen molar-refractivity contribution in [1.82, 2.24) is 15.5 Å². The van der Waals surface area contributed by atoms with Crippen molar-refractivity contribution in [2.24, 2.45) is 0 Å². The number of rotatable bonds is 3. The minimum absolute atomic E-state index is 0.0386. The molecule has 0 atom stereocenters. The number of amides is 1. The van der Waals surface area contributed by atoms with E-state index in [0.717, 1.165) is 0 Å². The number of nitrogens with zero attached hydrogens (tertiary/aromatic N) is 3. The summed E-state index contributed by atoms with van der Waals surface area (Å²) < 4.78 is 4.18. The maximum absolute atomic E-state index is 11.6. The summed E-state index contributed by atoms with van der Waals surface area (Å²) >= 11 is 0. The second kappa shape index (κ2) is 4.47. The van der Waals surface area contributed by atoms with Crippen molar-refractivity contribution >= 4 is 11.7 Å². The Bertz CT molecular complexity index is 505. The van der Waals surface area contributed by atoms with E-state index < -0.39 is 5.91 Å². The molecular formula is C9H9N5O3. The van der Waals surface area contributed by atoms with Gasteiger partial charge >= 0.3 is 17.4 Å². The van der Waals surface area contributed by atoms with Crippen LogP contribution in [0.4, 0.5) is 5.82 Å². The van der Waals surface area contributed by atoms with E-state index in [2.05, 4.69) is 20.1 Å². The molecule has 0 spiro atoms. The lowest BCUT2D eigenvalue weighted by Gasteiger charge is -2.01. The summed E-state index contributed by atoms with van der Waals surface area (Å²) in [6.45, 7) is 0.185. The first-order chi connectivity index (χ1) is 8.18. The lowest BCUT2D eigenvalue weighted by Crippen LogP contribution is -2.37. The molecular weight excluding hydrogens is 226 g/mol. The summed E-state index contributed by atoms with van der Waals surface area (Å²) in [5.41, 5.74) is 5.61. The van der Waals surface area contributed by atoms with Gasteiger partial charge in [0.25, 0.3) is 0 Å². The summed E-state index contributed by atoms with van der Waals surface area (Å²) in [7, 11) is 0. The molecule has 0 aliphatic rings. The first-order valence-electron chi connectivity index (χ1n) is 4.72. The minimum Gasteiger partial charge on any atom is -0.359 e. The molecule has 0 radical (unpaired) electrons. The summed E-state index contributed by atoms with van der Waals surface area (Å²) in [5, 5.41) is 16.7. The molecule has 3 N–H and O–H groups in total. The maximum Gasteiger partial charge on any atom is 0.318 e. The number of nitrogen functional groups attached to an aromatic ring is 1. The van der Waals surface area contributed by atoms with Gasteiger partial charge in [-0.05, 0) is 17.0 Å². The van der Waals surface area contributed by atoms with Crippen LogP contribution in [0.5, 0.6) is 0 Å². The Hall–Kier alpha value is -2.64. The largest absolute Gasteiger partial charge is 0.359 e. The van der Waals surface area contributed by atoms with Gasteiger partial charge in [-0.3, -0.25) is 14.4 Å². The highest BCUT2D eigenvalue weighted by molar-refractivity contribution is 5.94. The van der Waals surface area contributed by atoms with E-state index in [4.69, 9.17) is 5.73 Å². The Morgan fingerprint density at radius 3 is 3.00 bits per heavy atom. The van der Waals surface area contributed by atoms with Crippen LogP contribution < -0.4 is 16.0 Å². The molecule has 8 nitrogen and oxygen atoms in total. The third kappa shape index (κ3) is 2.30. The number of hydrogen-bond donors (Lipinski definition) is 2. The van der Waals surface area contributed by atoms with E-state index in [-0.39, 0.29) is 23.0 Å². The Morgan fingerprint density at radius 1 is 1.59 bits per heavy atom. The van der Waals surface area contributed by atoms with Gasteiger partial charge in [0.05, 0.1) is 17.4 Å². The van der Waals surface area contributed by atoms with Gasteiger partial charge in [-0.2, -0.15) is 0 Å².